The van der Waals surface area contributed by atoms with Gasteiger partial charge in [0.2, 0.25) is 0 Å². The number of carbonyl (C=O) groups excluding carboxylic acids is 1. The molecule has 2 aromatic heterocycles. The smallest absolute Gasteiger partial charge is 0.280 e. The van der Waals surface area contributed by atoms with Crippen LogP contribution in [0.15, 0.2) is 94.9 Å². The van der Waals surface area contributed by atoms with Gasteiger partial charge in [-0.15, -0.1) is 0 Å². The highest BCUT2D eigenvalue weighted by molar-refractivity contribution is 7.99. The van der Waals surface area contributed by atoms with Crippen molar-refractivity contribution in [1.82, 2.24) is 14.6 Å². The molecule has 5 aromatic rings. The second-order valence-electron chi connectivity index (χ2n) is 8.03. The summed E-state index contributed by atoms with van der Waals surface area (Å²) >= 11 is 7.44. The van der Waals surface area contributed by atoms with Crippen molar-refractivity contribution in [3.05, 3.63) is 107 Å². The van der Waals surface area contributed by atoms with Crippen LogP contribution in [0.4, 0.5) is 14.5 Å². The normalized spacial score (nSPS) is 11.2. The molecule has 0 radical (unpaired) electrons. The van der Waals surface area contributed by atoms with Crippen molar-refractivity contribution in [1.29, 1.82) is 0 Å². The lowest BCUT2D eigenvalue weighted by Crippen LogP contribution is -2.13. The Hall–Kier alpha value is -3.75. The van der Waals surface area contributed by atoms with Gasteiger partial charge in [0, 0.05) is 20.4 Å². The van der Waals surface area contributed by atoms with Crippen molar-refractivity contribution in [3.8, 4) is 11.3 Å². The highest BCUT2D eigenvalue weighted by Crippen LogP contribution is 2.34. The van der Waals surface area contributed by atoms with Gasteiger partial charge in [-0.2, -0.15) is 5.10 Å². The van der Waals surface area contributed by atoms with E-state index in [-0.39, 0.29) is 16.9 Å². The molecule has 0 unspecified atom stereocenters. The summed E-state index contributed by atoms with van der Waals surface area (Å²) in [5.41, 5.74) is 2.43. The van der Waals surface area contributed by atoms with E-state index in [1.54, 1.807) is 24.3 Å². The number of benzene rings is 3. The lowest BCUT2D eigenvalue weighted by atomic mass is 10.1. The number of nitrogens with one attached hydrogen (secondary N) is 1. The first-order valence-corrected chi connectivity index (χ1v) is 12.2. The second kappa shape index (κ2) is 10.1. The first-order valence-electron chi connectivity index (χ1n) is 11.0. The molecule has 0 aliphatic rings. The Morgan fingerprint density at radius 1 is 1.03 bits per heavy atom. The zero-order valence-electron chi connectivity index (χ0n) is 19.0. The van der Waals surface area contributed by atoms with E-state index in [0.717, 1.165) is 19.9 Å². The van der Waals surface area contributed by atoms with E-state index in [0.29, 0.717) is 22.0 Å². The number of aryl methyl sites for hydroxylation is 1. The molecule has 0 saturated heterocycles. The van der Waals surface area contributed by atoms with Crippen LogP contribution in [0.1, 0.15) is 28.0 Å². The third-order valence-corrected chi connectivity index (χ3v) is 6.83. The number of fused-ring (bicyclic) bond motifs is 1. The fourth-order valence-corrected chi connectivity index (χ4v) is 4.68. The maximum absolute atomic E-state index is 13.9. The minimum Gasteiger partial charge on any atom is -0.321 e. The zero-order valence-corrected chi connectivity index (χ0v) is 20.5. The van der Waals surface area contributed by atoms with Crippen molar-refractivity contribution in [2.45, 2.75) is 23.1 Å². The van der Waals surface area contributed by atoms with Gasteiger partial charge in [-0.1, -0.05) is 65.3 Å². The number of hydrogen-bond donors (Lipinski definition) is 1. The van der Waals surface area contributed by atoms with Crippen LogP contribution in [-0.2, 0) is 0 Å². The van der Waals surface area contributed by atoms with Crippen molar-refractivity contribution in [2.24, 2.45) is 0 Å². The Kier molecular flexibility index (Phi) is 6.71. The van der Waals surface area contributed by atoms with E-state index in [2.05, 4.69) is 15.4 Å². The molecular weight excluding hydrogens is 502 g/mol. The monoisotopic (exact) mass is 520 g/mol. The lowest BCUT2D eigenvalue weighted by molar-refractivity contribution is 0.102. The Morgan fingerprint density at radius 3 is 2.47 bits per heavy atom. The third kappa shape index (κ3) is 4.96. The van der Waals surface area contributed by atoms with Gasteiger partial charge in [-0.05, 0) is 49.4 Å². The van der Waals surface area contributed by atoms with Gasteiger partial charge >= 0.3 is 0 Å². The molecular formula is C27H19ClF2N4OS. The molecule has 0 spiro atoms. The van der Waals surface area contributed by atoms with Crippen LogP contribution in [0.25, 0.3) is 16.9 Å². The van der Waals surface area contributed by atoms with Crippen LogP contribution < -0.4 is 5.32 Å². The molecule has 1 N–H and O–H groups in total. The fourth-order valence-electron chi connectivity index (χ4n) is 3.65. The molecule has 5 nitrogen and oxygen atoms in total. The van der Waals surface area contributed by atoms with Gasteiger partial charge in [0.15, 0.2) is 5.65 Å². The number of aromatic nitrogens is 3. The SMILES string of the molecule is Cc1ccc(-c2cc(C(F)F)n3ncc(C(=O)Nc4ccccc4Sc4ccc(Cl)cc4)c3n2)cc1. The molecule has 0 aliphatic carbocycles. The molecule has 0 saturated carbocycles. The summed E-state index contributed by atoms with van der Waals surface area (Å²) < 4.78 is 28.8. The fraction of sp³-hybridized carbons (Fsp3) is 0.0741. The summed E-state index contributed by atoms with van der Waals surface area (Å²) in [5, 5.41) is 7.56. The van der Waals surface area contributed by atoms with E-state index in [9.17, 15) is 13.6 Å². The van der Waals surface area contributed by atoms with Gasteiger partial charge in [0.1, 0.15) is 11.3 Å². The van der Waals surface area contributed by atoms with Crippen LogP contribution in [0, 0.1) is 6.92 Å². The Bertz CT molecular complexity index is 1550. The minimum atomic E-state index is -2.80. The first kappa shape index (κ1) is 24.0. The summed E-state index contributed by atoms with van der Waals surface area (Å²) in [6.45, 7) is 1.94. The van der Waals surface area contributed by atoms with Gasteiger partial charge < -0.3 is 5.32 Å². The van der Waals surface area contributed by atoms with E-state index in [1.165, 1.54) is 24.0 Å². The van der Waals surface area contributed by atoms with Gasteiger partial charge in [0.05, 0.1) is 17.6 Å². The number of alkyl halides is 2. The number of amides is 1. The largest absolute Gasteiger partial charge is 0.321 e. The molecule has 180 valence electrons. The third-order valence-electron chi connectivity index (χ3n) is 5.49. The Labute approximate surface area is 215 Å². The maximum Gasteiger partial charge on any atom is 0.280 e. The van der Waals surface area contributed by atoms with Crippen LogP contribution in [0.3, 0.4) is 0 Å². The molecule has 9 heteroatoms. The molecule has 2 heterocycles. The van der Waals surface area contributed by atoms with Gasteiger partial charge in [0.25, 0.3) is 12.3 Å². The summed E-state index contributed by atoms with van der Waals surface area (Å²) in [5.74, 6) is -0.497. The zero-order chi connectivity index (χ0) is 25.2. The van der Waals surface area contributed by atoms with E-state index in [4.69, 9.17) is 11.6 Å². The van der Waals surface area contributed by atoms with E-state index >= 15 is 0 Å². The predicted molar refractivity (Wildman–Crippen MR) is 138 cm³/mol. The van der Waals surface area contributed by atoms with Crippen LogP contribution >= 0.6 is 23.4 Å². The van der Waals surface area contributed by atoms with Crippen LogP contribution in [-0.4, -0.2) is 20.5 Å². The summed E-state index contributed by atoms with van der Waals surface area (Å²) in [7, 11) is 0. The van der Waals surface area contributed by atoms with Crippen LogP contribution in [0.2, 0.25) is 5.02 Å². The molecule has 36 heavy (non-hydrogen) atoms. The predicted octanol–water partition coefficient (Wildman–Crippen LogP) is 7.70. The molecule has 3 aromatic carbocycles. The van der Waals surface area contributed by atoms with E-state index < -0.39 is 12.3 Å². The maximum atomic E-state index is 13.9. The Morgan fingerprint density at radius 2 is 1.75 bits per heavy atom. The molecule has 0 fully saturated rings. The standard InChI is InChI=1S/C27H19ClF2N4OS/c1-16-6-8-17(9-7-16)22-14-23(25(29)30)34-26(32-22)20(15-31-34)27(35)33-21-4-2-3-5-24(21)36-19-12-10-18(28)11-13-19/h2-15,25H,1H3,(H,33,35). The molecule has 0 bridgehead atoms. The number of nitrogens with zero attached hydrogens (tertiary/aromatic N) is 3. The van der Waals surface area contributed by atoms with Crippen molar-refractivity contribution >= 4 is 40.6 Å². The highest BCUT2D eigenvalue weighted by Gasteiger charge is 2.22. The number of rotatable bonds is 6. The number of halogens is 3. The summed E-state index contributed by atoms with van der Waals surface area (Å²) in [4.78, 5) is 19.6. The van der Waals surface area contributed by atoms with Crippen molar-refractivity contribution < 1.29 is 13.6 Å². The minimum absolute atomic E-state index is 0.0590. The average Bonchev–Trinajstić information content (AvgIpc) is 3.30. The average molecular weight is 521 g/mol. The second-order valence-corrected chi connectivity index (χ2v) is 9.58. The topological polar surface area (TPSA) is 59.3 Å². The van der Waals surface area contributed by atoms with Crippen LogP contribution in [0.5, 0.6) is 0 Å². The van der Waals surface area contributed by atoms with E-state index in [1.807, 2.05) is 55.5 Å². The molecule has 0 aliphatic heterocycles. The molecule has 0 atom stereocenters. The summed E-state index contributed by atoms with van der Waals surface area (Å²) in [6.07, 6.45) is -1.54. The van der Waals surface area contributed by atoms with Gasteiger partial charge in [-0.25, -0.2) is 18.3 Å². The molecule has 5 rings (SSSR count). The molecule has 1 amide bonds. The highest BCUT2D eigenvalue weighted by atomic mass is 35.5. The number of para-hydroxylation sites is 1. The number of anilines is 1. The van der Waals surface area contributed by atoms with Crippen molar-refractivity contribution in [3.63, 3.8) is 0 Å². The van der Waals surface area contributed by atoms with Crippen molar-refractivity contribution in [2.75, 3.05) is 5.32 Å². The first-order chi connectivity index (χ1) is 17.4. The quantitative estimate of drug-likeness (QED) is 0.249. The number of hydrogen-bond acceptors (Lipinski definition) is 4. The summed E-state index contributed by atoms with van der Waals surface area (Å²) in [6, 6.07) is 23.4. The van der Waals surface area contributed by atoms with Gasteiger partial charge in [-0.3, -0.25) is 4.79 Å². The number of carbonyl (C=O) groups is 1. The Balaban J connectivity index is 1.50. The lowest BCUT2D eigenvalue weighted by Gasteiger charge is -2.11.